The number of Topliss-reactive ketones (excluding diaryl/α,β-unsaturated/α-hetero) is 1. The summed E-state index contributed by atoms with van der Waals surface area (Å²) in [7, 11) is 0. The summed E-state index contributed by atoms with van der Waals surface area (Å²) in [5.74, 6) is -3.82. The highest BCUT2D eigenvalue weighted by atomic mass is 19.4. The van der Waals surface area contributed by atoms with Crippen LogP contribution in [0.5, 0.6) is 0 Å². The number of benzene rings is 2. The third kappa shape index (κ3) is 3.86. The summed E-state index contributed by atoms with van der Waals surface area (Å²) in [6.45, 7) is -0.571. The van der Waals surface area contributed by atoms with E-state index in [1.165, 1.54) is 23.2 Å². The predicted molar refractivity (Wildman–Crippen MR) is 109 cm³/mol. The standard InChI is InChI=1S/C22H15F4N3O4/c23-14-3-1-2-13(22(24,25)26)12(14)9-29-15-5-4-11(6-18(32)33)21(28-10-30)20(15)19-16(29)7-27-8-17(19)31/h1-5,7-8,10,19H,6,9H2,(H,28,30)(H,32,33). The van der Waals surface area contributed by atoms with E-state index in [0.717, 1.165) is 24.4 Å². The molecule has 1 atom stereocenters. The predicted octanol–water partition coefficient (Wildman–Crippen LogP) is 3.64. The smallest absolute Gasteiger partial charge is 0.416 e. The van der Waals surface area contributed by atoms with Gasteiger partial charge in [0.05, 0.1) is 42.0 Å². The van der Waals surface area contributed by atoms with Crippen LogP contribution in [-0.2, 0) is 33.5 Å². The largest absolute Gasteiger partial charge is 0.481 e. The maximum absolute atomic E-state index is 14.6. The number of carbonyl (C=O) groups excluding carboxylic acids is 2. The molecule has 4 rings (SSSR count). The number of fused-ring (bicyclic) bond motifs is 3. The minimum absolute atomic E-state index is 0.0662. The number of nitrogens with zero attached hydrogens (tertiary/aromatic N) is 2. The Kier molecular flexibility index (Phi) is 5.48. The van der Waals surface area contributed by atoms with Gasteiger partial charge in [0.15, 0.2) is 5.78 Å². The molecule has 1 amide bonds. The van der Waals surface area contributed by atoms with Gasteiger partial charge >= 0.3 is 12.1 Å². The lowest BCUT2D eigenvalue weighted by Crippen LogP contribution is -2.26. The first-order chi connectivity index (χ1) is 15.6. The van der Waals surface area contributed by atoms with Gasteiger partial charge < -0.3 is 15.3 Å². The van der Waals surface area contributed by atoms with Crippen molar-refractivity contribution in [3.8, 4) is 0 Å². The number of halogens is 4. The van der Waals surface area contributed by atoms with Crippen LogP contribution in [0.1, 0.15) is 28.2 Å². The number of nitrogens with one attached hydrogen (secondary N) is 1. The van der Waals surface area contributed by atoms with Crippen LogP contribution in [0, 0.1) is 5.82 Å². The van der Waals surface area contributed by atoms with Crippen molar-refractivity contribution in [2.45, 2.75) is 25.1 Å². The monoisotopic (exact) mass is 461 g/mol. The number of aliphatic carboxylic acids is 1. The summed E-state index contributed by atoms with van der Waals surface area (Å²) in [5, 5.41) is 11.6. The summed E-state index contributed by atoms with van der Waals surface area (Å²) >= 11 is 0. The lowest BCUT2D eigenvalue weighted by molar-refractivity contribution is -0.138. The molecule has 170 valence electrons. The second kappa shape index (κ2) is 8.15. The SMILES string of the molecule is O=CNc1c(CC(=O)O)ccc2c1C1C(=O)C=NC=C1N2Cc1c(F)cccc1C(F)(F)F. The Bertz CT molecular complexity index is 1240. The molecule has 2 aliphatic rings. The van der Waals surface area contributed by atoms with E-state index in [4.69, 9.17) is 0 Å². The Hall–Kier alpha value is -4.02. The van der Waals surface area contributed by atoms with E-state index in [-0.39, 0.29) is 28.2 Å². The minimum atomic E-state index is -4.82. The topological polar surface area (TPSA) is 99.1 Å². The minimum Gasteiger partial charge on any atom is -0.481 e. The van der Waals surface area contributed by atoms with E-state index in [1.54, 1.807) is 0 Å². The highest BCUT2D eigenvalue weighted by Crippen LogP contribution is 2.50. The van der Waals surface area contributed by atoms with Crippen molar-refractivity contribution in [2.75, 3.05) is 10.2 Å². The summed E-state index contributed by atoms with van der Waals surface area (Å²) in [6.07, 6.45) is -2.66. The van der Waals surface area contributed by atoms with E-state index in [2.05, 4.69) is 10.3 Å². The third-order valence-electron chi connectivity index (χ3n) is 5.47. The number of alkyl halides is 3. The van der Waals surface area contributed by atoms with E-state index in [9.17, 15) is 37.1 Å². The molecule has 2 heterocycles. The molecule has 2 aromatic rings. The van der Waals surface area contributed by atoms with Crippen molar-refractivity contribution in [3.05, 3.63) is 70.3 Å². The number of carboxylic acid groups (broad SMARTS) is 1. The van der Waals surface area contributed by atoms with Crippen molar-refractivity contribution in [1.29, 1.82) is 0 Å². The van der Waals surface area contributed by atoms with Gasteiger partial charge in [0.1, 0.15) is 5.82 Å². The number of anilines is 2. The van der Waals surface area contributed by atoms with Crippen LogP contribution in [0.3, 0.4) is 0 Å². The fraction of sp³-hybridized carbons (Fsp3) is 0.182. The van der Waals surface area contributed by atoms with Gasteiger partial charge in [0, 0.05) is 23.0 Å². The summed E-state index contributed by atoms with van der Waals surface area (Å²) in [6, 6.07) is 5.46. The van der Waals surface area contributed by atoms with Gasteiger partial charge in [-0.1, -0.05) is 12.1 Å². The highest BCUT2D eigenvalue weighted by Gasteiger charge is 2.43. The molecule has 11 heteroatoms. The van der Waals surface area contributed by atoms with Gasteiger partial charge in [-0.25, -0.2) is 4.39 Å². The first kappa shape index (κ1) is 22.2. The molecule has 0 fully saturated rings. The van der Waals surface area contributed by atoms with Crippen molar-refractivity contribution in [3.63, 3.8) is 0 Å². The molecule has 1 unspecified atom stereocenters. The van der Waals surface area contributed by atoms with Crippen LogP contribution in [0.4, 0.5) is 28.9 Å². The molecule has 7 nitrogen and oxygen atoms in total. The Morgan fingerprint density at radius 1 is 1.24 bits per heavy atom. The van der Waals surface area contributed by atoms with E-state index >= 15 is 0 Å². The fourth-order valence-corrected chi connectivity index (χ4v) is 4.18. The van der Waals surface area contributed by atoms with Crippen molar-refractivity contribution < 1.29 is 37.1 Å². The number of carboxylic acids is 1. The first-order valence-corrected chi connectivity index (χ1v) is 9.60. The zero-order valence-electron chi connectivity index (χ0n) is 16.7. The lowest BCUT2D eigenvalue weighted by atomic mass is 9.90. The van der Waals surface area contributed by atoms with E-state index in [1.807, 2.05) is 0 Å². The van der Waals surface area contributed by atoms with Crippen molar-refractivity contribution >= 4 is 35.8 Å². The van der Waals surface area contributed by atoms with Crippen LogP contribution < -0.4 is 10.2 Å². The van der Waals surface area contributed by atoms with Crippen LogP contribution >= 0.6 is 0 Å². The van der Waals surface area contributed by atoms with Gasteiger partial charge in [0.25, 0.3) is 0 Å². The molecule has 2 aromatic carbocycles. The molecule has 0 spiro atoms. The Morgan fingerprint density at radius 2 is 2.00 bits per heavy atom. The molecule has 2 N–H and O–H groups in total. The van der Waals surface area contributed by atoms with Gasteiger partial charge in [-0.15, -0.1) is 0 Å². The second-order valence-corrected chi connectivity index (χ2v) is 7.38. The number of rotatable bonds is 6. The lowest BCUT2D eigenvalue weighted by Gasteiger charge is -2.25. The molecule has 0 saturated heterocycles. The maximum atomic E-state index is 14.6. The molecular formula is C22H15F4N3O4. The maximum Gasteiger partial charge on any atom is 0.416 e. The quantitative estimate of drug-likeness (QED) is 0.506. The van der Waals surface area contributed by atoms with E-state index in [0.29, 0.717) is 6.41 Å². The molecule has 33 heavy (non-hydrogen) atoms. The van der Waals surface area contributed by atoms with E-state index < -0.39 is 53.8 Å². The Morgan fingerprint density at radius 3 is 2.67 bits per heavy atom. The number of hydrogen-bond acceptors (Lipinski definition) is 5. The highest BCUT2D eigenvalue weighted by molar-refractivity contribution is 6.33. The van der Waals surface area contributed by atoms with Crippen LogP contribution in [-0.4, -0.2) is 29.5 Å². The van der Waals surface area contributed by atoms with Gasteiger partial charge in [-0.3, -0.25) is 19.4 Å². The zero-order chi connectivity index (χ0) is 23.9. The van der Waals surface area contributed by atoms with Crippen molar-refractivity contribution in [2.24, 2.45) is 4.99 Å². The fourth-order valence-electron chi connectivity index (χ4n) is 4.18. The molecule has 0 bridgehead atoms. The zero-order valence-corrected chi connectivity index (χ0v) is 16.7. The van der Waals surface area contributed by atoms with Crippen LogP contribution in [0.2, 0.25) is 0 Å². The van der Waals surface area contributed by atoms with Crippen molar-refractivity contribution in [1.82, 2.24) is 0 Å². The second-order valence-electron chi connectivity index (χ2n) is 7.38. The van der Waals surface area contributed by atoms with Gasteiger partial charge in [-0.05, 0) is 23.8 Å². The number of amides is 1. The van der Waals surface area contributed by atoms with Gasteiger partial charge in [-0.2, -0.15) is 13.2 Å². The molecular weight excluding hydrogens is 446 g/mol. The average molecular weight is 461 g/mol. The normalized spacial score (nSPS) is 16.8. The van der Waals surface area contributed by atoms with Gasteiger partial charge in [0.2, 0.25) is 6.41 Å². The van der Waals surface area contributed by atoms with Crippen LogP contribution in [0.15, 0.2) is 47.2 Å². The first-order valence-electron chi connectivity index (χ1n) is 9.60. The molecule has 2 aliphatic heterocycles. The molecule has 0 radical (unpaired) electrons. The summed E-state index contributed by atoms with van der Waals surface area (Å²) < 4.78 is 55.2. The summed E-state index contributed by atoms with van der Waals surface area (Å²) in [5.41, 5.74) is -0.877. The third-order valence-corrected chi connectivity index (χ3v) is 5.47. The molecule has 0 aliphatic carbocycles. The number of ketones is 1. The molecule has 0 saturated carbocycles. The number of aliphatic imine (C=N–C) groups is 1. The molecule has 0 aromatic heterocycles. The summed E-state index contributed by atoms with van der Waals surface area (Å²) in [4.78, 5) is 40.4. The van der Waals surface area contributed by atoms with Crippen LogP contribution in [0.25, 0.3) is 0 Å². The Labute approximate surface area is 184 Å². The number of hydrogen-bond donors (Lipinski definition) is 2. The average Bonchev–Trinajstić information content (AvgIpc) is 3.05. The number of carbonyl (C=O) groups is 3. The number of allylic oxidation sites excluding steroid dienone is 1. The Balaban J connectivity index is 1.91.